The van der Waals surface area contributed by atoms with Gasteiger partial charge in [-0.15, -0.1) is 10.5 Å². The molecule has 1 aromatic heterocycles. The third-order valence-corrected chi connectivity index (χ3v) is 24.8. The van der Waals surface area contributed by atoms with Crippen molar-refractivity contribution in [2.45, 2.75) is 210 Å². The Balaban J connectivity index is 0.000000609. The van der Waals surface area contributed by atoms with Gasteiger partial charge in [-0.3, -0.25) is 34.6 Å². The number of thioether (sulfide) groups is 4. The number of hydrogen-bond acceptors (Lipinski definition) is 39. The fraction of sp³-hybridized carbons (Fsp3) is 0.589. The first-order valence-electron chi connectivity index (χ1n) is 42.8. The molecule has 5 rings (SSSR count). The molecule has 2 N–H and O–H groups in total. The molecule has 4 aromatic rings. The topological polar surface area (TPSA) is 550 Å². The molecule has 134 heavy (non-hydrogen) atoms. The number of methoxy groups -OCH3 is 1. The van der Waals surface area contributed by atoms with E-state index in [9.17, 15) is 71.9 Å². The number of aliphatic imine (C=N–C) groups is 4. The fourth-order valence-corrected chi connectivity index (χ4v) is 16.0. The third-order valence-electron chi connectivity index (χ3n) is 19.3. The minimum Gasteiger partial charge on any atom is -0.469 e. The van der Waals surface area contributed by atoms with Crippen LogP contribution in [0.25, 0.3) is 0 Å². The van der Waals surface area contributed by atoms with Crippen molar-refractivity contribution >= 4 is 142 Å². The smallest absolute Gasteiger partial charge is 0.411 e. The second kappa shape index (κ2) is 66.0. The quantitative estimate of drug-likeness (QED) is 0.0103. The molecule has 0 radical (unpaired) electrons. The van der Waals surface area contributed by atoms with E-state index in [1.54, 1.807) is 72.7 Å². The largest absolute Gasteiger partial charge is 0.469 e. The molecule has 0 bridgehead atoms. The van der Waals surface area contributed by atoms with Crippen molar-refractivity contribution in [3.8, 4) is 36.5 Å². The summed E-state index contributed by atoms with van der Waals surface area (Å²) in [6.45, 7) is 22.5. The molecule has 1 unspecified atom stereocenters. The molecule has 0 saturated heterocycles. The lowest BCUT2D eigenvalue weighted by Crippen LogP contribution is -2.55. The Morgan fingerprint density at radius 2 is 1.04 bits per heavy atom. The molecule has 1 aliphatic carbocycles. The zero-order valence-electron chi connectivity index (χ0n) is 77.9. The molecule has 0 spiro atoms. The Labute approximate surface area is 795 Å². The Morgan fingerprint density at radius 3 is 1.60 bits per heavy atom. The van der Waals surface area contributed by atoms with Gasteiger partial charge in [-0.25, -0.2) is 66.6 Å². The predicted octanol–water partition coefficient (Wildman–Crippen LogP) is 13.0. The van der Waals surface area contributed by atoms with Crippen LogP contribution in [0.4, 0.5) is 32.3 Å². The number of benzene rings is 3. The van der Waals surface area contributed by atoms with Crippen molar-refractivity contribution in [3.05, 3.63) is 102 Å². The molecule has 0 aliphatic heterocycles. The molecule has 1 aliphatic rings. The zero-order chi connectivity index (χ0) is 99.9. The summed E-state index contributed by atoms with van der Waals surface area (Å²) in [5.74, 6) is 2.66. The van der Waals surface area contributed by atoms with Gasteiger partial charge in [-0.2, -0.15) is 72.5 Å². The lowest BCUT2D eigenvalue weighted by Gasteiger charge is -2.28. The van der Waals surface area contributed by atoms with Crippen molar-refractivity contribution < 1.29 is 114 Å². The van der Waals surface area contributed by atoms with Gasteiger partial charge >= 0.3 is 65.1 Å². The molecule has 3 aromatic carbocycles. The zero-order valence-corrected chi connectivity index (χ0v) is 81.2. The Bertz CT molecular complexity index is 5040. The number of aromatic nitrogens is 3. The van der Waals surface area contributed by atoms with E-state index in [1.807, 2.05) is 39.0 Å². The lowest BCUT2D eigenvalue weighted by atomic mass is 9.87. The number of nitrogens with zero attached hydrogens (tertiary/aromatic N) is 11. The fourth-order valence-electron chi connectivity index (χ4n) is 12.0. The van der Waals surface area contributed by atoms with E-state index in [4.69, 9.17) is 63.7 Å². The first-order valence-corrected chi connectivity index (χ1v) is 47.4. The van der Waals surface area contributed by atoms with E-state index >= 15 is 0 Å². The van der Waals surface area contributed by atoms with Crippen molar-refractivity contribution in [2.75, 3.05) is 123 Å². The summed E-state index contributed by atoms with van der Waals surface area (Å²) in [4.78, 5) is 191. The minimum atomic E-state index is -0.960. The molecule has 1 heterocycles. The standard InChI is InChI=1S/C25H38N2O8S.C24H35N5O9S.C24H27N3O4S.C17H19N3O6S/c1-25(2,24(31)35-20-9-4-3-5-10-20)17-36-16-15-33-22(29)12-8-14-34-23(30)21(27-19-28)11-6-7-13-32-18-26;1-4-5-12-38-20(32)24(2,3)16-39-15-14-37-19(31)7-6-9-27-21(33)28(10-8-26-18-30)23(35)29(22(27)34)11-13-36-17-25;1-16-20(26-15-28)17(2)22(31-14-25)18(3)21(16)27-23(29)30-11-12-32-13-24(4,5)19-9-7-6-8-10-19;1-17(2,15(22)24-3)9-27-5-4-25-16(23)20-13-6-12(19-11-21)7-14(8-13)26-10-18/h20-21H,3-17H2,1-2H3;4-16H2,1-3H3;6-10H,11-13H2,1-5H3,(H,27,29);6-8H,4-5,9H2,1-3H3,(H,20,23). The van der Waals surface area contributed by atoms with Crippen LogP contribution in [-0.4, -0.2) is 211 Å². The molecular formula is C90H119N13O27S4. The number of isocyanates is 4. The molecule has 1 fully saturated rings. The molecular weight excluding hydrogens is 1820 g/mol. The second-order valence-corrected chi connectivity index (χ2v) is 36.3. The maximum absolute atomic E-state index is 12.7. The van der Waals surface area contributed by atoms with E-state index in [0.717, 1.165) is 58.0 Å². The maximum Gasteiger partial charge on any atom is 0.411 e. The average molecular weight is 1940 g/mol. The highest BCUT2D eigenvalue weighted by atomic mass is 32.2. The van der Waals surface area contributed by atoms with Crippen LogP contribution in [0.5, 0.6) is 11.5 Å². The van der Waals surface area contributed by atoms with E-state index < -0.39 is 69.5 Å². The summed E-state index contributed by atoms with van der Waals surface area (Å²) in [6, 6.07) is 13.4. The summed E-state index contributed by atoms with van der Waals surface area (Å²) in [6.07, 6.45) is 19.1. The van der Waals surface area contributed by atoms with E-state index in [0.29, 0.717) is 87.8 Å². The molecule has 40 nitrogen and oxygen atoms in total. The van der Waals surface area contributed by atoms with Gasteiger partial charge < -0.3 is 56.8 Å². The first-order chi connectivity index (χ1) is 63.9. The van der Waals surface area contributed by atoms with Crippen molar-refractivity contribution in [2.24, 2.45) is 36.2 Å². The molecule has 1 saturated carbocycles. The average Bonchev–Trinajstić information content (AvgIpc) is 0.785. The number of nitrogens with one attached hydrogen (secondary N) is 2. The monoisotopic (exact) mass is 1940 g/mol. The van der Waals surface area contributed by atoms with Crippen LogP contribution in [0.1, 0.15) is 174 Å². The van der Waals surface area contributed by atoms with Crippen LogP contribution in [0, 0.1) is 83.1 Å². The normalized spacial score (nSPS) is 11.6. The SMILES string of the molecule is CC(C)(CSCCOC(=O)CCCOC(=O)C(CCCCOC#N)N=C=O)C(=O)OC1CCCCC1.CCCCOC(=O)C(C)(C)CSCCOC(=O)CCCn1c(=O)n(CCN=C=O)c(=O)n(CCOC#N)c1=O.COC(=O)C(C)(C)CSCCOC(=O)Nc1cc(N=C=O)cc(OC#N)c1.Cc1c(N=C=O)c(C)c(OC#N)c(C)c1NC(=O)OCCSCC(C)(C)c1ccccc1. The Kier molecular flexibility index (Phi) is 57.9. The lowest BCUT2D eigenvalue weighted by molar-refractivity contribution is -0.160. The van der Waals surface area contributed by atoms with Gasteiger partial charge in [0.1, 0.15) is 51.5 Å². The van der Waals surface area contributed by atoms with Crippen LogP contribution in [-0.2, 0) is 120 Å². The van der Waals surface area contributed by atoms with E-state index in [2.05, 4.69) is 70.8 Å². The number of anilines is 2. The minimum absolute atomic E-state index is 0.00238. The van der Waals surface area contributed by atoms with Crippen LogP contribution >= 0.6 is 47.0 Å². The van der Waals surface area contributed by atoms with E-state index in [-0.39, 0.29) is 157 Å². The van der Waals surface area contributed by atoms with Gasteiger partial charge in [0.2, 0.25) is 24.3 Å². The summed E-state index contributed by atoms with van der Waals surface area (Å²) < 4.78 is 62.6. The number of hydrogen-bond donors (Lipinski definition) is 2. The van der Waals surface area contributed by atoms with Gasteiger partial charge in [-0.05, 0) is 144 Å². The molecule has 730 valence electrons. The van der Waals surface area contributed by atoms with Gasteiger partial charge in [-0.1, -0.05) is 63.9 Å². The maximum atomic E-state index is 12.7. The summed E-state index contributed by atoms with van der Waals surface area (Å²) >= 11 is 6.14. The van der Waals surface area contributed by atoms with Crippen LogP contribution in [0.3, 0.4) is 0 Å². The summed E-state index contributed by atoms with van der Waals surface area (Å²) in [5.41, 5.74) is -0.683. The molecule has 2 amide bonds. The van der Waals surface area contributed by atoms with E-state index in [1.165, 1.54) is 109 Å². The number of nitriles is 4. The Morgan fingerprint density at radius 1 is 0.515 bits per heavy atom. The summed E-state index contributed by atoms with van der Waals surface area (Å²) in [7, 11) is 1.34. The number of esters is 6. The number of unbranched alkanes of at least 4 members (excludes halogenated alkanes) is 2. The highest BCUT2D eigenvalue weighted by Gasteiger charge is 2.34. The van der Waals surface area contributed by atoms with Crippen molar-refractivity contribution in [1.82, 2.24) is 13.7 Å². The third kappa shape index (κ3) is 45.8. The van der Waals surface area contributed by atoms with Crippen molar-refractivity contribution in [3.63, 3.8) is 0 Å². The second-order valence-electron chi connectivity index (χ2n) is 31.9. The highest BCUT2D eigenvalue weighted by molar-refractivity contribution is 8.00. The molecule has 1 atom stereocenters. The van der Waals surface area contributed by atoms with Gasteiger partial charge in [0.05, 0.1) is 73.3 Å². The molecule has 44 heteroatoms. The predicted molar refractivity (Wildman–Crippen MR) is 498 cm³/mol. The number of rotatable bonds is 55. The number of carbonyl (C=O) groups excluding carboxylic acids is 12. The number of amides is 2. The van der Waals surface area contributed by atoms with Gasteiger partial charge in [0.15, 0.2) is 11.8 Å². The van der Waals surface area contributed by atoms with Crippen LogP contribution in [0.15, 0.2) is 82.9 Å². The number of ether oxygens (including phenoxy) is 12. The summed E-state index contributed by atoms with van der Waals surface area (Å²) in [5, 5.41) is 39.5. The van der Waals surface area contributed by atoms with Gasteiger partial charge in [0, 0.05) is 99.9 Å². The van der Waals surface area contributed by atoms with Crippen LogP contribution in [0.2, 0.25) is 0 Å². The number of carbonyl (C=O) groups is 8. The highest BCUT2D eigenvalue weighted by Crippen LogP contribution is 2.41. The van der Waals surface area contributed by atoms with Crippen molar-refractivity contribution in [1.29, 1.82) is 21.0 Å². The van der Waals surface area contributed by atoms with Gasteiger partial charge in [0.25, 0.3) is 25.0 Å². The Hall–Kier alpha value is -12.5. The van der Waals surface area contributed by atoms with Crippen LogP contribution < -0.4 is 37.2 Å². The first kappa shape index (κ1) is 118.